The fourth-order valence-electron chi connectivity index (χ4n) is 5.74. The van der Waals surface area contributed by atoms with Gasteiger partial charge in [0.1, 0.15) is 6.61 Å². The van der Waals surface area contributed by atoms with E-state index in [1.807, 2.05) is 57.2 Å². The third-order valence-corrected chi connectivity index (χ3v) is 8.14. The number of aryl methyl sites for hydroxylation is 1. The standard InChI is InChI=1S/C28H30N2O6.C8H14O3.C3H8.C2H6/c1-17-12-25-27-21(13-30(25)28(32)22(17)15-33-3)23(20-9-5-4-6-10-24(20)29-27)16-35-26-11-7-8-19(36-26)14-34-18(2)31;1-2-3-4-5-6-8(10)11-7-9;1-3-2;1-2/h4-7,9-12,19,24,26H,8,13-16H2,1-3H3;7H,2-6H2,1H3;3H2,1-2H3;1-2H3. The highest BCUT2D eigenvalue weighted by atomic mass is 16.7. The van der Waals surface area contributed by atoms with Crippen molar-refractivity contribution in [1.82, 2.24) is 4.57 Å². The average molecular weight is 723 g/mol. The number of rotatable bonds is 13. The zero-order valence-corrected chi connectivity index (χ0v) is 32.3. The van der Waals surface area contributed by atoms with Crippen LogP contribution < -0.4 is 5.56 Å². The molecular weight excluding hydrogens is 664 g/mol. The number of dihydropyridines is 1. The summed E-state index contributed by atoms with van der Waals surface area (Å²) in [6, 6.07) is 1.86. The number of aromatic nitrogens is 1. The van der Waals surface area contributed by atoms with E-state index in [-0.39, 0.29) is 43.4 Å². The number of carbonyl (C=O) groups excluding carboxylic acids is 3. The summed E-state index contributed by atoms with van der Waals surface area (Å²) in [6.45, 7) is 15.0. The molecule has 3 unspecified atom stereocenters. The predicted octanol–water partition coefficient (Wildman–Crippen LogP) is 7.19. The van der Waals surface area contributed by atoms with Crippen molar-refractivity contribution in [3.05, 3.63) is 92.5 Å². The number of carbonyl (C=O) groups is 3. The van der Waals surface area contributed by atoms with E-state index in [1.54, 1.807) is 11.7 Å². The summed E-state index contributed by atoms with van der Waals surface area (Å²) in [7, 11) is 1.59. The minimum absolute atomic E-state index is 0.0480. The molecule has 0 N–H and O–H groups in total. The molecule has 0 radical (unpaired) electrons. The van der Waals surface area contributed by atoms with Crippen molar-refractivity contribution in [3.63, 3.8) is 0 Å². The van der Waals surface area contributed by atoms with Gasteiger partial charge in [0, 0.05) is 31.6 Å². The van der Waals surface area contributed by atoms with Gasteiger partial charge >= 0.3 is 18.4 Å². The Kier molecular flexibility index (Phi) is 20.4. The van der Waals surface area contributed by atoms with Gasteiger partial charge in [-0.2, -0.15) is 0 Å². The van der Waals surface area contributed by atoms with Crippen LogP contribution in [-0.2, 0) is 51.2 Å². The molecule has 0 amide bonds. The minimum atomic E-state index is -0.562. The zero-order chi connectivity index (χ0) is 38.5. The molecule has 11 nitrogen and oxygen atoms in total. The molecule has 0 aromatic carbocycles. The van der Waals surface area contributed by atoms with E-state index in [2.05, 4.69) is 37.7 Å². The van der Waals surface area contributed by atoms with Crippen LogP contribution in [0, 0.1) is 6.92 Å². The van der Waals surface area contributed by atoms with Gasteiger partial charge in [-0.05, 0) is 48.6 Å². The molecule has 1 aliphatic carbocycles. The summed E-state index contributed by atoms with van der Waals surface area (Å²) in [6.07, 6.45) is 19.5. The van der Waals surface area contributed by atoms with E-state index in [0.717, 1.165) is 59.4 Å². The Morgan fingerprint density at radius 3 is 2.48 bits per heavy atom. The third kappa shape index (κ3) is 13.1. The molecule has 1 aromatic heterocycles. The number of pyridine rings is 1. The first-order valence-corrected chi connectivity index (χ1v) is 18.5. The van der Waals surface area contributed by atoms with Crippen molar-refractivity contribution in [2.24, 2.45) is 4.99 Å². The van der Waals surface area contributed by atoms with Crippen LogP contribution in [-0.4, -0.2) is 67.4 Å². The highest BCUT2D eigenvalue weighted by molar-refractivity contribution is 6.15. The van der Waals surface area contributed by atoms with Crippen molar-refractivity contribution < 1.29 is 38.1 Å². The van der Waals surface area contributed by atoms with Crippen molar-refractivity contribution in [3.8, 4) is 0 Å². The lowest BCUT2D eigenvalue weighted by atomic mass is 9.89. The van der Waals surface area contributed by atoms with Crippen molar-refractivity contribution in [1.29, 1.82) is 0 Å². The Bertz CT molecular complexity index is 1580. The monoisotopic (exact) mass is 722 g/mol. The minimum Gasteiger partial charge on any atom is -0.463 e. The average Bonchev–Trinajstić information content (AvgIpc) is 3.32. The number of ether oxygens (including phenoxy) is 5. The second kappa shape index (κ2) is 24.1. The molecule has 4 aliphatic rings. The molecule has 5 rings (SSSR count). The second-order valence-electron chi connectivity index (χ2n) is 12.3. The normalized spacial score (nSPS) is 19.0. The second-order valence-corrected chi connectivity index (χ2v) is 12.3. The van der Waals surface area contributed by atoms with E-state index in [9.17, 15) is 19.2 Å². The molecule has 52 heavy (non-hydrogen) atoms. The SMILES string of the molecule is CC.CCC.CCCCCCC(=O)OC=O.COCc1c(C)cc2n(c1=O)CC1=C(COC3C=CCC(COC(C)=O)O3)C3=CC=CC=CC3N=C12. The lowest BCUT2D eigenvalue weighted by Crippen LogP contribution is -2.31. The van der Waals surface area contributed by atoms with Gasteiger partial charge < -0.3 is 28.3 Å². The summed E-state index contributed by atoms with van der Waals surface area (Å²) >= 11 is 0. The maximum absolute atomic E-state index is 13.3. The molecular formula is C41H58N2O9. The number of allylic oxidation sites excluding steroid dienone is 5. The molecule has 0 saturated carbocycles. The summed E-state index contributed by atoms with van der Waals surface area (Å²) in [4.78, 5) is 49.7. The van der Waals surface area contributed by atoms with Crippen LogP contribution >= 0.6 is 0 Å². The van der Waals surface area contributed by atoms with Crippen LogP contribution in [0.3, 0.4) is 0 Å². The largest absolute Gasteiger partial charge is 0.463 e. The maximum atomic E-state index is 13.3. The number of esters is 2. The molecule has 3 atom stereocenters. The molecule has 0 saturated heterocycles. The topological polar surface area (TPSA) is 132 Å². The quantitative estimate of drug-likeness (QED) is 0.0683. The number of nitrogens with zero attached hydrogens (tertiary/aromatic N) is 2. The summed E-state index contributed by atoms with van der Waals surface area (Å²) in [5, 5.41) is 0. The van der Waals surface area contributed by atoms with E-state index < -0.39 is 12.3 Å². The van der Waals surface area contributed by atoms with Crippen LogP contribution in [0.2, 0.25) is 0 Å². The number of hydrogen-bond donors (Lipinski definition) is 0. The van der Waals surface area contributed by atoms with Crippen LogP contribution in [0.25, 0.3) is 0 Å². The first-order valence-electron chi connectivity index (χ1n) is 18.5. The Morgan fingerprint density at radius 1 is 1.06 bits per heavy atom. The highest BCUT2D eigenvalue weighted by Gasteiger charge is 2.35. The number of unbranched alkanes of at least 4 members (excludes halogenated alkanes) is 3. The third-order valence-electron chi connectivity index (χ3n) is 8.14. The molecule has 11 heteroatoms. The first-order chi connectivity index (χ1) is 25.2. The van der Waals surface area contributed by atoms with Gasteiger partial charge in [0.2, 0.25) is 0 Å². The summed E-state index contributed by atoms with van der Waals surface area (Å²) < 4.78 is 28.5. The Balaban J connectivity index is 0.000000496. The van der Waals surface area contributed by atoms with E-state index in [0.29, 0.717) is 31.6 Å². The highest BCUT2D eigenvalue weighted by Crippen LogP contribution is 2.36. The predicted molar refractivity (Wildman–Crippen MR) is 203 cm³/mol. The molecule has 0 spiro atoms. The van der Waals surface area contributed by atoms with E-state index in [4.69, 9.17) is 23.9 Å². The Labute approximate surface area is 309 Å². The Hall–Kier alpha value is -4.19. The Morgan fingerprint density at radius 2 is 1.81 bits per heavy atom. The number of hydrogen-bond acceptors (Lipinski definition) is 10. The van der Waals surface area contributed by atoms with Gasteiger partial charge in [0.25, 0.3) is 5.56 Å². The van der Waals surface area contributed by atoms with Crippen molar-refractivity contribution >= 4 is 24.1 Å². The molecule has 286 valence electrons. The molecule has 0 fully saturated rings. The number of aliphatic imine (C=N–C) groups is 1. The fraction of sp³-hybridized carbons (Fsp3) is 0.537. The molecule has 1 aromatic rings. The smallest absolute Gasteiger partial charge is 0.313 e. The van der Waals surface area contributed by atoms with Gasteiger partial charge in [-0.25, -0.2) is 0 Å². The van der Waals surface area contributed by atoms with Gasteiger partial charge in [-0.1, -0.05) is 96.8 Å². The van der Waals surface area contributed by atoms with Crippen LogP contribution in [0.1, 0.15) is 103 Å². The van der Waals surface area contributed by atoms with Gasteiger partial charge in [0.15, 0.2) is 6.29 Å². The van der Waals surface area contributed by atoms with Gasteiger partial charge in [-0.15, -0.1) is 0 Å². The maximum Gasteiger partial charge on any atom is 0.313 e. The summed E-state index contributed by atoms with van der Waals surface area (Å²) in [5.74, 6) is -0.755. The van der Waals surface area contributed by atoms with Crippen LogP contribution in [0.5, 0.6) is 0 Å². The molecule has 3 aliphatic heterocycles. The van der Waals surface area contributed by atoms with Crippen LogP contribution in [0.4, 0.5) is 0 Å². The van der Waals surface area contributed by atoms with E-state index >= 15 is 0 Å². The lowest BCUT2D eigenvalue weighted by molar-refractivity contribution is -0.167. The summed E-state index contributed by atoms with van der Waals surface area (Å²) in [5.41, 5.74) is 6.21. The number of fused-ring (bicyclic) bond motifs is 4. The number of methoxy groups -OCH3 is 1. The van der Waals surface area contributed by atoms with Crippen molar-refractivity contribution in [2.45, 2.75) is 125 Å². The van der Waals surface area contributed by atoms with Gasteiger partial charge in [0.05, 0.1) is 43.3 Å². The fourth-order valence-corrected chi connectivity index (χ4v) is 5.74. The van der Waals surface area contributed by atoms with Crippen molar-refractivity contribution in [2.75, 3.05) is 20.3 Å². The first kappa shape index (κ1) is 44.0. The zero-order valence-electron chi connectivity index (χ0n) is 32.3. The van der Waals surface area contributed by atoms with Gasteiger partial charge in [-0.3, -0.25) is 24.2 Å². The lowest BCUT2D eigenvalue weighted by Gasteiger charge is -2.28. The molecule has 4 heterocycles. The van der Waals surface area contributed by atoms with Crippen LogP contribution in [0.15, 0.2) is 75.1 Å². The molecule has 0 bridgehead atoms. The van der Waals surface area contributed by atoms with E-state index in [1.165, 1.54) is 13.3 Å².